The molecule has 192 valence electrons. The topological polar surface area (TPSA) is 95.2 Å². The third kappa shape index (κ3) is 4.30. The van der Waals surface area contributed by atoms with Gasteiger partial charge >= 0.3 is 0 Å². The molecule has 2 aromatic heterocycles. The number of nitrogens with one attached hydrogen (secondary N) is 2. The van der Waals surface area contributed by atoms with Crippen LogP contribution >= 0.6 is 0 Å². The number of benzene rings is 3. The Hall–Kier alpha value is -4.18. The zero-order valence-electron chi connectivity index (χ0n) is 19.7. The molecule has 0 bridgehead atoms. The summed E-state index contributed by atoms with van der Waals surface area (Å²) in [5.74, 6) is -2.11. The van der Waals surface area contributed by atoms with E-state index in [1.54, 1.807) is 18.2 Å². The second-order valence-electron chi connectivity index (χ2n) is 9.46. The molecule has 1 fully saturated rings. The van der Waals surface area contributed by atoms with Crippen molar-refractivity contribution in [3.63, 3.8) is 0 Å². The number of aromatic nitrogens is 2. The zero-order valence-corrected chi connectivity index (χ0v) is 20.5. The lowest BCUT2D eigenvalue weighted by Gasteiger charge is -2.33. The number of H-pyrrole nitrogens is 2. The number of halogens is 3. The fourth-order valence-electron chi connectivity index (χ4n) is 5.05. The Labute approximate surface area is 214 Å². The van der Waals surface area contributed by atoms with Crippen LogP contribution < -0.4 is 5.56 Å². The summed E-state index contributed by atoms with van der Waals surface area (Å²) in [6, 6.07) is 15.0. The van der Waals surface area contributed by atoms with Crippen LogP contribution in [0.25, 0.3) is 33.1 Å². The van der Waals surface area contributed by atoms with Gasteiger partial charge in [-0.05, 0) is 95.8 Å². The molecule has 0 aliphatic heterocycles. The van der Waals surface area contributed by atoms with Crippen molar-refractivity contribution in [1.82, 2.24) is 9.97 Å². The van der Waals surface area contributed by atoms with Crippen LogP contribution in [-0.4, -0.2) is 24.6 Å². The molecule has 1 saturated carbocycles. The molecule has 5 aromatic rings. The van der Waals surface area contributed by atoms with Crippen molar-refractivity contribution >= 4 is 38.0 Å². The number of aromatic amines is 2. The van der Waals surface area contributed by atoms with Crippen LogP contribution in [0.3, 0.4) is 0 Å². The third-order valence-corrected chi connectivity index (χ3v) is 8.23. The predicted molar refractivity (Wildman–Crippen MR) is 139 cm³/mol. The summed E-state index contributed by atoms with van der Waals surface area (Å²) in [4.78, 5) is 17.1. The normalized spacial score (nSPS) is 17.9. The van der Waals surface area contributed by atoms with Gasteiger partial charge in [0.1, 0.15) is 17.5 Å². The molecule has 0 radical (unpaired) electrons. The smallest absolute Gasteiger partial charge is 0.282 e. The van der Waals surface area contributed by atoms with Gasteiger partial charge in [0.05, 0.1) is 16.1 Å². The molecule has 38 heavy (non-hydrogen) atoms. The van der Waals surface area contributed by atoms with Gasteiger partial charge in [0.25, 0.3) is 10.0 Å². The molecule has 0 atom stereocenters. The van der Waals surface area contributed by atoms with Gasteiger partial charge in [-0.2, -0.15) is 12.8 Å². The molecule has 2 heterocycles. The maximum Gasteiger partial charge on any atom is 0.282 e. The minimum atomic E-state index is -3.97. The van der Waals surface area contributed by atoms with Gasteiger partial charge in [-0.25, -0.2) is 13.2 Å². The second-order valence-corrected chi connectivity index (χ2v) is 11.1. The third-order valence-electron chi connectivity index (χ3n) is 6.98. The van der Waals surface area contributed by atoms with Crippen molar-refractivity contribution in [1.29, 1.82) is 0 Å². The summed E-state index contributed by atoms with van der Waals surface area (Å²) in [5, 5.41) is 0.973. The van der Waals surface area contributed by atoms with Crippen LogP contribution in [0.1, 0.15) is 24.3 Å². The largest absolute Gasteiger partial charge is 0.352 e. The van der Waals surface area contributed by atoms with Gasteiger partial charge in [-0.1, -0.05) is 0 Å². The van der Waals surface area contributed by atoms with Crippen LogP contribution in [-0.2, 0) is 10.0 Å². The van der Waals surface area contributed by atoms with Crippen LogP contribution in [0.4, 0.5) is 13.2 Å². The van der Waals surface area contributed by atoms with Crippen LogP contribution in [0.5, 0.6) is 0 Å². The summed E-state index contributed by atoms with van der Waals surface area (Å²) in [5.41, 5.74) is 2.32. The first kappa shape index (κ1) is 24.2. The lowest BCUT2D eigenvalue weighted by Crippen LogP contribution is -2.23. The van der Waals surface area contributed by atoms with Crippen LogP contribution in [0.2, 0.25) is 0 Å². The van der Waals surface area contributed by atoms with E-state index in [2.05, 4.69) is 14.4 Å². The van der Waals surface area contributed by atoms with E-state index in [1.807, 2.05) is 0 Å². The van der Waals surface area contributed by atoms with E-state index < -0.39 is 27.5 Å². The Balaban J connectivity index is 1.28. The van der Waals surface area contributed by atoms with Gasteiger partial charge in [-0.15, -0.1) is 0 Å². The number of pyridine rings is 1. The summed E-state index contributed by atoms with van der Waals surface area (Å²) >= 11 is 0. The lowest BCUT2D eigenvalue weighted by molar-refractivity contribution is 0.353. The molecule has 2 N–H and O–H groups in total. The maximum absolute atomic E-state index is 14.6. The predicted octanol–water partition coefficient (Wildman–Crippen LogP) is 6.05. The van der Waals surface area contributed by atoms with Gasteiger partial charge in [0.15, 0.2) is 0 Å². The summed E-state index contributed by atoms with van der Waals surface area (Å²) in [7, 11) is -3.97. The quantitative estimate of drug-likeness (QED) is 0.268. The number of rotatable bonds is 5. The number of hydrogen-bond donors (Lipinski definition) is 2. The molecular formula is C28H20F3N3O3S. The summed E-state index contributed by atoms with van der Waals surface area (Å²) < 4.78 is 71.7. The maximum atomic E-state index is 14.6. The van der Waals surface area contributed by atoms with E-state index >= 15 is 0 Å². The number of hydrogen-bond acceptors (Lipinski definition) is 3. The standard InChI is InChI=1S/C28H20F3N3O3S/c29-19-4-1-16(2-5-19)27-26(22-12-20(30)13-23(31)28(22)34-27)18-9-15(10-18)14-32-38(36,37)21-6-7-24-17(11-21)3-8-25(35)33-24/h1-8,11-15,18,34H,9-10H2,(H,33,35). The van der Waals surface area contributed by atoms with Crippen molar-refractivity contribution in [2.75, 3.05) is 0 Å². The Morgan fingerprint density at radius 2 is 1.63 bits per heavy atom. The minimum absolute atomic E-state index is 0.00495. The molecule has 0 amide bonds. The first-order valence-electron chi connectivity index (χ1n) is 11.9. The monoisotopic (exact) mass is 535 g/mol. The van der Waals surface area contributed by atoms with E-state index in [0.29, 0.717) is 46.0 Å². The van der Waals surface area contributed by atoms with Crippen LogP contribution in [0.15, 0.2) is 80.8 Å². The first-order chi connectivity index (χ1) is 18.2. The summed E-state index contributed by atoms with van der Waals surface area (Å²) in [6.07, 6.45) is 2.45. The first-order valence-corrected chi connectivity index (χ1v) is 13.3. The number of nitrogens with zero attached hydrogens (tertiary/aromatic N) is 1. The van der Waals surface area contributed by atoms with Gasteiger partial charge in [0, 0.05) is 29.3 Å². The highest BCUT2D eigenvalue weighted by molar-refractivity contribution is 7.90. The fraction of sp³-hybridized carbons (Fsp3) is 0.143. The Morgan fingerprint density at radius 1 is 0.868 bits per heavy atom. The molecule has 6 nitrogen and oxygen atoms in total. The highest BCUT2D eigenvalue weighted by atomic mass is 32.2. The Bertz CT molecular complexity index is 1910. The van der Waals surface area contributed by atoms with E-state index in [9.17, 15) is 26.4 Å². The fourth-order valence-corrected chi connectivity index (χ4v) is 6.02. The van der Waals surface area contributed by atoms with Crippen molar-refractivity contribution in [3.05, 3.63) is 100 Å². The molecule has 0 spiro atoms. The number of sulfonamides is 1. The van der Waals surface area contributed by atoms with Crippen molar-refractivity contribution < 1.29 is 21.6 Å². The van der Waals surface area contributed by atoms with E-state index in [4.69, 9.17) is 0 Å². The van der Waals surface area contributed by atoms with E-state index in [-0.39, 0.29) is 27.8 Å². The Kier molecular flexibility index (Phi) is 5.71. The highest BCUT2D eigenvalue weighted by Crippen LogP contribution is 2.48. The second kappa shape index (κ2) is 8.98. The average Bonchev–Trinajstić information content (AvgIpc) is 3.22. The average molecular weight is 536 g/mol. The van der Waals surface area contributed by atoms with Gasteiger partial charge < -0.3 is 9.97 Å². The number of fused-ring (bicyclic) bond motifs is 2. The highest BCUT2D eigenvalue weighted by Gasteiger charge is 2.34. The zero-order chi connectivity index (χ0) is 26.6. The molecule has 6 rings (SSSR count). The van der Waals surface area contributed by atoms with Gasteiger partial charge in [0.2, 0.25) is 5.56 Å². The molecule has 3 aromatic carbocycles. The molecule has 1 aliphatic rings. The molecule has 0 unspecified atom stereocenters. The van der Waals surface area contributed by atoms with E-state index in [1.165, 1.54) is 48.7 Å². The van der Waals surface area contributed by atoms with Crippen molar-refractivity contribution in [2.45, 2.75) is 23.7 Å². The minimum Gasteiger partial charge on any atom is -0.352 e. The molecule has 10 heteroatoms. The van der Waals surface area contributed by atoms with Crippen LogP contribution in [0, 0.1) is 23.4 Å². The summed E-state index contributed by atoms with van der Waals surface area (Å²) in [6.45, 7) is 0. The lowest BCUT2D eigenvalue weighted by atomic mass is 9.71. The molecule has 0 saturated heterocycles. The van der Waals surface area contributed by atoms with Crippen molar-refractivity contribution in [3.8, 4) is 11.3 Å². The van der Waals surface area contributed by atoms with Crippen molar-refractivity contribution in [2.24, 2.45) is 10.3 Å². The SMILES string of the molecule is O=c1ccc2cc(S(=O)(=O)N=CC3CC(c4c(-c5ccc(F)cc5)[nH]c5c(F)cc(F)cc45)C3)ccc2[nH]1. The molecule has 1 aliphatic carbocycles. The Morgan fingerprint density at radius 3 is 2.39 bits per heavy atom. The van der Waals surface area contributed by atoms with E-state index in [0.717, 1.165) is 6.07 Å². The molecular weight excluding hydrogens is 515 g/mol. The van der Waals surface area contributed by atoms with Gasteiger partial charge in [-0.3, -0.25) is 4.79 Å².